The second-order valence-electron chi connectivity index (χ2n) is 5.96. The molecule has 0 amide bonds. The largest absolute Gasteiger partial charge is 0.436 e. The standard InChI is InChI=1S/C14H24O3/c1-9(2)11-5-4-10(3)8-12(11)16-14-7-6-13(15)17-14/h9-12,14H,4-8H2,1-3H3/t10-,11+,12-,14+/m1/s1. The van der Waals surface area contributed by atoms with Crippen molar-refractivity contribution in [3.05, 3.63) is 0 Å². The molecule has 3 nitrogen and oxygen atoms in total. The molecule has 1 heterocycles. The Morgan fingerprint density at radius 1 is 1.29 bits per heavy atom. The van der Waals surface area contributed by atoms with Gasteiger partial charge in [-0.3, -0.25) is 4.79 Å². The number of esters is 1. The summed E-state index contributed by atoms with van der Waals surface area (Å²) >= 11 is 0. The summed E-state index contributed by atoms with van der Waals surface area (Å²) in [4.78, 5) is 11.1. The summed E-state index contributed by atoms with van der Waals surface area (Å²) in [6.45, 7) is 6.81. The van der Waals surface area contributed by atoms with Crippen molar-refractivity contribution >= 4 is 5.97 Å². The summed E-state index contributed by atoms with van der Waals surface area (Å²) in [7, 11) is 0. The van der Waals surface area contributed by atoms with Crippen LogP contribution in [0, 0.1) is 17.8 Å². The lowest BCUT2D eigenvalue weighted by Crippen LogP contribution is -2.37. The summed E-state index contributed by atoms with van der Waals surface area (Å²) in [5.74, 6) is 1.88. The number of carbonyl (C=O) groups excluding carboxylic acids is 1. The number of carbonyl (C=O) groups is 1. The monoisotopic (exact) mass is 240 g/mol. The van der Waals surface area contributed by atoms with Gasteiger partial charge in [-0.05, 0) is 30.6 Å². The highest BCUT2D eigenvalue weighted by Crippen LogP contribution is 2.36. The first-order chi connectivity index (χ1) is 8.06. The number of ether oxygens (including phenoxy) is 2. The summed E-state index contributed by atoms with van der Waals surface area (Å²) in [6.07, 6.45) is 4.89. The Morgan fingerprint density at radius 3 is 2.65 bits per heavy atom. The normalized spacial score (nSPS) is 38.5. The molecule has 0 N–H and O–H groups in total. The molecule has 0 aromatic rings. The van der Waals surface area contributed by atoms with Gasteiger partial charge in [-0.25, -0.2) is 0 Å². The van der Waals surface area contributed by atoms with Crippen LogP contribution in [0.25, 0.3) is 0 Å². The highest BCUT2D eigenvalue weighted by molar-refractivity contribution is 5.71. The second kappa shape index (κ2) is 5.38. The van der Waals surface area contributed by atoms with Gasteiger partial charge < -0.3 is 9.47 Å². The minimum atomic E-state index is -0.279. The molecule has 17 heavy (non-hydrogen) atoms. The lowest BCUT2D eigenvalue weighted by Gasteiger charge is -2.38. The lowest BCUT2D eigenvalue weighted by atomic mass is 9.75. The van der Waals surface area contributed by atoms with Crippen LogP contribution in [-0.4, -0.2) is 18.4 Å². The first kappa shape index (κ1) is 12.9. The van der Waals surface area contributed by atoms with Crippen molar-refractivity contribution < 1.29 is 14.3 Å². The molecule has 0 aromatic heterocycles. The van der Waals surface area contributed by atoms with E-state index < -0.39 is 0 Å². The number of rotatable bonds is 3. The van der Waals surface area contributed by atoms with Gasteiger partial charge in [0.2, 0.25) is 6.29 Å². The van der Waals surface area contributed by atoms with E-state index in [4.69, 9.17) is 9.47 Å². The van der Waals surface area contributed by atoms with Crippen molar-refractivity contribution in [2.75, 3.05) is 0 Å². The van der Waals surface area contributed by atoms with Crippen molar-refractivity contribution in [2.24, 2.45) is 17.8 Å². The quantitative estimate of drug-likeness (QED) is 0.711. The molecule has 3 heteroatoms. The Balaban J connectivity index is 1.92. The van der Waals surface area contributed by atoms with E-state index in [0.29, 0.717) is 18.3 Å². The van der Waals surface area contributed by atoms with Gasteiger partial charge in [-0.2, -0.15) is 0 Å². The Kier molecular flexibility index (Phi) is 4.08. The van der Waals surface area contributed by atoms with Gasteiger partial charge in [0, 0.05) is 6.42 Å². The van der Waals surface area contributed by atoms with Gasteiger partial charge >= 0.3 is 5.97 Å². The molecule has 4 atom stereocenters. The Morgan fingerprint density at radius 2 is 2.06 bits per heavy atom. The van der Waals surface area contributed by atoms with Gasteiger partial charge in [0.15, 0.2) is 0 Å². The molecule has 0 bridgehead atoms. The van der Waals surface area contributed by atoms with E-state index >= 15 is 0 Å². The zero-order valence-corrected chi connectivity index (χ0v) is 11.1. The maximum absolute atomic E-state index is 11.1. The van der Waals surface area contributed by atoms with Crippen molar-refractivity contribution in [3.63, 3.8) is 0 Å². The number of hydrogen-bond acceptors (Lipinski definition) is 3. The van der Waals surface area contributed by atoms with Crippen molar-refractivity contribution in [2.45, 2.75) is 65.3 Å². The van der Waals surface area contributed by atoms with E-state index in [1.807, 2.05) is 0 Å². The summed E-state index contributed by atoms with van der Waals surface area (Å²) in [5, 5.41) is 0. The number of cyclic esters (lactones) is 1. The van der Waals surface area contributed by atoms with Gasteiger partial charge in [-0.15, -0.1) is 0 Å². The molecule has 1 saturated heterocycles. The van der Waals surface area contributed by atoms with E-state index in [1.165, 1.54) is 12.8 Å². The van der Waals surface area contributed by atoms with Crippen LogP contribution in [0.5, 0.6) is 0 Å². The first-order valence-corrected chi connectivity index (χ1v) is 6.91. The fraction of sp³-hybridized carbons (Fsp3) is 0.929. The predicted octanol–water partition coefficient (Wildman–Crippen LogP) is 3.13. The Labute approximate surface area is 104 Å². The SMILES string of the molecule is CC(C)[C@@H]1CC[C@@H](C)C[C@H]1O[C@@H]1CCC(=O)O1. The highest BCUT2D eigenvalue weighted by atomic mass is 16.7. The minimum Gasteiger partial charge on any atom is -0.436 e. The van der Waals surface area contributed by atoms with Crippen LogP contribution < -0.4 is 0 Å². The fourth-order valence-corrected chi connectivity index (χ4v) is 3.06. The first-order valence-electron chi connectivity index (χ1n) is 6.91. The molecule has 98 valence electrons. The average molecular weight is 240 g/mol. The Bertz CT molecular complexity index is 275. The third-order valence-electron chi connectivity index (χ3n) is 4.13. The smallest absolute Gasteiger partial charge is 0.308 e. The van der Waals surface area contributed by atoms with Gasteiger partial charge in [-0.1, -0.05) is 27.2 Å². The predicted molar refractivity (Wildman–Crippen MR) is 65.3 cm³/mol. The molecular formula is C14H24O3. The van der Waals surface area contributed by atoms with Gasteiger partial charge in [0.05, 0.1) is 12.5 Å². The van der Waals surface area contributed by atoms with E-state index in [9.17, 15) is 4.79 Å². The van der Waals surface area contributed by atoms with Crippen LogP contribution in [0.1, 0.15) is 52.9 Å². The van der Waals surface area contributed by atoms with Gasteiger partial charge in [0.25, 0.3) is 0 Å². The molecule has 0 spiro atoms. The maximum atomic E-state index is 11.1. The summed E-state index contributed by atoms with van der Waals surface area (Å²) in [6, 6.07) is 0. The second-order valence-corrected chi connectivity index (χ2v) is 5.96. The number of hydrogen-bond donors (Lipinski definition) is 0. The minimum absolute atomic E-state index is 0.111. The third-order valence-corrected chi connectivity index (χ3v) is 4.13. The van der Waals surface area contributed by atoms with Crippen molar-refractivity contribution in [3.8, 4) is 0 Å². The molecule has 2 fully saturated rings. The molecule has 1 saturated carbocycles. The van der Waals surface area contributed by atoms with E-state index in [2.05, 4.69) is 20.8 Å². The van der Waals surface area contributed by atoms with E-state index in [-0.39, 0.29) is 18.4 Å². The topological polar surface area (TPSA) is 35.5 Å². The molecule has 2 aliphatic rings. The molecule has 1 aliphatic carbocycles. The average Bonchev–Trinajstić information content (AvgIpc) is 2.63. The molecule has 0 unspecified atom stereocenters. The molecule has 2 rings (SSSR count). The zero-order valence-electron chi connectivity index (χ0n) is 11.1. The highest BCUT2D eigenvalue weighted by Gasteiger charge is 2.35. The third kappa shape index (κ3) is 3.21. The molecular weight excluding hydrogens is 216 g/mol. The zero-order chi connectivity index (χ0) is 12.4. The summed E-state index contributed by atoms with van der Waals surface area (Å²) < 4.78 is 11.2. The lowest BCUT2D eigenvalue weighted by molar-refractivity contribution is -0.186. The van der Waals surface area contributed by atoms with Crippen LogP contribution in [0.2, 0.25) is 0 Å². The Hall–Kier alpha value is -0.570. The molecule has 0 aromatic carbocycles. The molecule has 0 radical (unpaired) electrons. The van der Waals surface area contributed by atoms with Crippen LogP contribution in [-0.2, 0) is 14.3 Å². The van der Waals surface area contributed by atoms with Crippen LogP contribution in [0.4, 0.5) is 0 Å². The van der Waals surface area contributed by atoms with E-state index in [0.717, 1.165) is 18.8 Å². The van der Waals surface area contributed by atoms with Crippen molar-refractivity contribution in [1.82, 2.24) is 0 Å². The van der Waals surface area contributed by atoms with E-state index in [1.54, 1.807) is 0 Å². The van der Waals surface area contributed by atoms with Crippen molar-refractivity contribution in [1.29, 1.82) is 0 Å². The molecule has 1 aliphatic heterocycles. The van der Waals surface area contributed by atoms with Crippen LogP contribution in [0.15, 0.2) is 0 Å². The maximum Gasteiger partial charge on any atom is 0.308 e. The fourth-order valence-electron chi connectivity index (χ4n) is 3.06. The van der Waals surface area contributed by atoms with Crippen LogP contribution in [0.3, 0.4) is 0 Å². The van der Waals surface area contributed by atoms with Gasteiger partial charge in [0.1, 0.15) is 0 Å². The van der Waals surface area contributed by atoms with Crippen LogP contribution >= 0.6 is 0 Å². The summed E-state index contributed by atoms with van der Waals surface area (Å²) in [5.41, 5.74) is 0.